The lowest BCUT2D eigenvalue weighted by Crippen LogP contribution is -1.99. The van der Waals surface area contributed by atoms with Gasteiger partial charge in [0.25, 0.3) is 0 Å². The largest absolute Gasteiger partial charge is 0.480 e. The van der Waals surface area contributed by atoms with E-state index in [0.29, 0.717) is 11.4 Å². The lowest BCUT2D eigenvalue weighted by atomic mass is 10.3. The number of nitrogens with zero attached hydrogens (tertiary/aromatic N) is 3. The zero-order chi connectivity index (χ0) is 10.7. The molecule has 0 N–H and O–H groups in total. The number of aromatic nitrogens is 2. The predicted octanol–water partition coefficient (Wildman–Crippen LogP) is 1.75. The van der Waals surface area contributed by atoms with E-state index in [2.05, 4.69) is 5.10 Å². The maximum Gasteiger partial charge on any atom is 0.234 e. The van der Waals surface area contributed by atoms with Gasteiger partial charge in [-0.15, -0.1) is 0 Å². The molecule has 4 heteroatoms. The molecular weight excluding hydrogens is 190 g/mol. The van der Waals surface area contributed by atoms with E-state index in [-0.39, 0.29) is 0 Å². The molecule has 0 aliphatic rings. The lowest BCUT2D eigenvalue weighted by molar-refractivity contribution is 0.382. The summed E-state index contributed by atoms with van der Waals surface area (Å²) in [6.45, 7) is 0. The van der Waals surface area contributed by atoms with Crippen molar-refractivity contribution < 1.29 is 4.74 Å². The van der Waals surface area contributed by atoms with E-state index in [0.717, 1.165) is 5.69 Å². The van der Waals surface area contributed by atoms with Gasteiger partial charge in [-0.2, -0.15) is 15.0 Å². The minimum absolute atomic E-state index is 0.432. The fourth-order valence-corrected chi connectivity index (χ4v) is 1.36. The van der Waals surface area contributed by atoms with Gasteiger partial charge in [0.05, 0.1) is 19.0 Å². The van der Waals surface area contributed by atoms with Crippen molar-refractivity contribution in [2.75, 3.05) is 7.11 Å². The predicted molar refractivity (Wildman–Crippen MR) is 54.8 cm³/mol. The van der Waals surface area contributed by atoms with Crippen LogP contribution in [-0.2, 0) is 0 Å². The number of rotatable bonds is 2. The molecule has 1 heterocycles. The molecular formula is C11H9N3O. The SMILES string of the molecule is COc1c(C#N)cnn1-c1ccccc1. The Balaban J connectivity index is 2.55. The lowest BCUT2D eigenvalue weighted by Gasteiger charge is -2.05. The molecule has 0 bridgehead atoms. The highest BCUT2D eigenvalue weighted by atomic mass is 16.5. The van der Waals surface area contributed by atoms with Crippen LogP contribution in [0.3, 0.4) is 0 Å². The Labute approximate surface area is 87.3 Å². The third-order valence-corrected chi connectivity index (χ3v) is 2.04. The van der Waals surface area contributed by atoms with Crippen LogP contribution in [0.1, 0.15) is 5.56 Å². The normalized spacial score (nSPS) is 9.60. The summed E-state index contributed by atoms with van der Waals surface area (Å²) >= 11 is 0. The van der Waals surface area contributed by atoms with Crippen LogP contribution in [-0.4, -0.2) is 16.9 Å². The second-order valence-electron chi connectivity index (χ2n) is 2.93. The molecule has 0 saturated carbocycles. The van der Waals surface area contributed by atoms with E-state index in [1.165, 1.54) is 13.3 Å². The summed E-state index contributed by atoms with van der Waals surface area (Å²) in [6, 6.07) is 11.6. The average molecular weight is 199 g/mol. The molecule has 0 fully saturated rings. The fourth-order valence-electron chi connectivity index (χ4n) is 1.36. The summed E-state index contributed by atoms with van der Waals surface area (Å²) in [7, 11) is 1.53. The van der Waals surface area contributed by atoms with Gasteiger partial charge in [-0.05, 0) is 12.1 Å². The Morgan fingerprint density at radius 3 is 2.67 bits per heavy atom. The molecule has 0 aliphatic carbocycles. The second kappa shape index (κ2) is 3.84. The molecule has 0 amide bonds. The summed E-state index contributed by atoms with van der Waals surface area (Å²) in [5, 5.41) is 12.9. The van der Waals surface area contributed by atoms with Crippen LogP contribution >= 0.6 is 0 Å². The maximum absolute atomic E-state index is 8.83. The van der Waals surface area contributed by atoms with Crippen molar-refractivity contribution in [2.45, 2.75) is 0 Å². The van der Waals surface area contributed by atoms with E-state index in [1.54, 1.807) is 4.68 Å². The topological polar surface area (TPSA) is 50.8 Å². The van der Waals surface area contributed by atoms with Gasteiger partial charge in [-0.25, -0.2) is 0 Å². The third kappa shape index (κ3) is 1.55. The summed E-state index contributed by atoms with van der Waals surface area (Å²) in [4.78, 5) is 0. The van der Waals surface area contributed by atoms with Crippen LogP contribution < -0.4 is 4.74 Å². The van der Waals surface area contributed by atoms with Crippen LogP contribution in [0.15, 0.2) is 36.5 Å². The highest BCUT2D eigenvalue weighted by molar-refractivity contribution is 5.43. The summed E-state index contributed by atoms with van der Waals surface area (Å²) in [5.74, 6) is 0.462. The molecule has 0 atom stereocenters. The van der Waals surface area contributed by atoms with Crippen molar-refractivity contribution in [2.24, 2.45) is 0 Å². The van der Waals surface area contributed by atoms with Gasteiger partial charge in [0.2, 0.25) is 5.88 Å². The molecule has 74 valence electrons. The van der Waals surface area contributed by atoms with Crippen LogP contribution in [0.5, 0.6) is 5.88 Å². The van der Waals surface area contributed by atoms with Crippen molar-refractivity contribution in [3.8, 4) is 17.6 Å². The number of para-hydroxylation sites is 1. The molecule has 2 rings (SSSR count). The Morgan fingerprint density at radius 1 is 1.33 bits per heavy atom. The number of ether oxygens (including phenoxy) is 1. The number of hydrogen-bond acceptors (Lipinski definition) is 3. The molecule has 0 spiro atoms. The van der Waals surface area contributed by atoms with E-state index in [4.69, 9.17) is 10.00 Å². The van der Waals surface area contributed by atoms with Crippen molar-refractivity contribution >= 4 is 0 Å². The van der Waals surface area contributed by atoms with Gasteiger partial charge in [0.1, 0.15) is 11.6 Å². The van der Waals surface area contributed by atoms with E-state index >= 15 is 0 Å². The van der Waals surface area contributed by atoms with Crippen molar-refractivity contribution in [1.82, 2.24) is 9.78 Å². The van der Waals surface area contributed by atoms with Crippen molar-refractivity contribution in [1.29, 1.82) is 5.26 Å². The van der Waals surface area contributed by atoms with E-state index in [9.17, 15) is 0 Å². The highest BCUT2D eigenvalue weighted by Crippen LogP contribution is 2.20. The minimum Gasteiger partial charge on any atom is -0.480 e. The summed E-state index contributed by atoms with van der Waals surface area (Å²) in [5.41, 5.74) is 1.30. The molecule has 0 radical (unpaired) electrons. The maximum atomic E-state index is 8.83. The number of nitriles is 1. The average Bonchev–Trinajstić information content (AvgIpc) is 2.72. The highest BCUT2D eigenvalue weighted by Gasteiger charge is 2.11. The first kappa shape index (κ1) is 9.28. The molecule has 0 aliphatic heterocycles. The molecule has 0 unspecified atom stereocenters. The Kier molecular flexibility index (Phi) is 2.38. The van der Waals surface area contributed by atoms with Gasteiger partial charge in [0.15, 0.2) is 0 Å². The number of benzene rings is 1. The first-order chi connectivity index (χ1) is 7.36. The van der Waals surface area contributed by atoms with Gasteiger partial charge < -0.3 is 4.74 Å². The van der Waals surface area contributed by atoms with Crippen LogP contribution in [0.25, 0.3) is 5.69 Å². The molecule has 2 aromatic rings. The van der Waals surface area contributed by atoms with Crippen molar-refractivity contribution in [3.05, 3.63) is 42.1 Å². The van der Waals surface area contributed by atoms with E-state index < -0.39 is 0 Å². The molecule has 15 heavy (non-hydrogen) atoms. The molecule has 1 aromatic carbocycles. The van der Waals surface area contributed by atoms with Gasteiger partial charge in [-0.1, -0.05) is 18.2 Å². The Morgan fingerprint density at radius 2 is 2.07 bits per heavy atom. The first-order valence-corrected chi connectivity index (χ1v) is 4.44. The number of methoxy groups -OCH3 is 1. The molecule has 0 saturated heterocycles. The van der Waals surface area contributed by atoms with Gasteiger partial charge >= 0.3 is 0 Å². The standard InChI is InChI=1S/C11H9N3O/c1-15-11-9(7-12)8-13-14(11)10-5-3-2-4-6-10/h2-6,8H,1H3. The Bertz CT molecular complexity index is 496. The van der Waals surface area contributed by atoms with Crippen LogP contribution in [0.2, 0.25) is 0 Å². The third-order valence-electron chi connectivity index (χ3n) is 2.04. The minimum atomic E-state index is 0.432. The smallest absolute Gasteiger partial charge is 0.234 e. The second-order valence-corrected chi connectivity index (χ2v) is 2.93. The van der Waals surface area contributed by atoms with E-state index in [1.807, 2.05) is 36.4 Å². The van der Waals surface area contributed by atoms with Crippen LogP contribution in [0.4, 0.5) is 0 Å². The van der Waals surface area contributed by atoms with Gasteiger partial charge in [-0.3, -0.25) is 0 Å². The fraction of sp³-hybridized carbons (Fsp3) is 0.0909. The molecule has 1 aromatic heterocycles. The number of hydrogen-bond donors (Lipinski definition) is 0. The quantitative estimate of drug-likeness (QED) is 0.740. The zero-order valence-corrected chi connectivity index (χ0v) is 8.21. The zero-order valence-electron chi connectivity index (χ0n) is 8.21. The first-order valence-electron chi connectivity index (χ1n) is 4.44. The van der Waals surface area contributed by atoms with Gasteiger partial charge in [0, 0.05) is 0 Å². The Hall–Kier alpha value is -2.28. The monoisotopic (exact) mass is 199 g/mol. The molecule has 4 nitrogen and oxygen atoms in total. The summed E-state index contributed by atoms with van der Waals surface area (Å²) < 4.78 is 6.74. The van der Waals surface area contributed by atoms with Crippen LogP contribution in [0, 0.1) is 11.3 Å². The van der Waals surface area contributed by atoms with Crippen molar-refractivity contribution in [3.63, 3.8) is 0 Å². The summed E-state index contributed by atoms with van der Waals surface area (Å²) in [6.07, 6.45) is 1.49.